The number of benzene rings is 1. The van der Waals surface area contributed by atoms with Crippen LogP contribution in [0.1, 0.15) is 42.1 Å². The van der Waals surface area contributed by atoms with Gasteiger partial charge in [0.15, 0.2) is 0 Å². The van der Waals surface area contributed by atoms with Gasteiger partial charge in [-0.1, -0.05) is 0 Å². The van der Waals surface area contributed by atoms with E-state index in [0.29, 0.717) is 11.6 Å². The van der Waals surface area contributed by atoms with Crippen LogP contribution in [-0.4, -0.2) is 28.3 Å². The average molecular weight is 335 g/mol. The molecule has 1 aliphatic carbocycles. The lowest BCUT2D eigenvalue weighted by Gasteiger charge is -2.29. The van der Waals surface area contributed by atoms with E-state index in [4.69, 9.17) is 0 Å². The van der Waals surface area contributed by atoms with Crippen LogP contribution < -0.4 is 10.1 Å². The maximum absolute atomic E-state index is 12.2. The number of carbonyl (C=O) groups is 1. The molecule has 0 atom stereocenters. The van der Waals surface area contributed by atoms with Gasteiger partial charge in [-0.3, -0.25) is 9.48 Å². The van der Waals surface area contributed by atoms with Gasteiger partial charge in [-0.25, -0.2) is 0 Å². The Hall–Kier alpha value is -2.44. The van der Waals surface area contributed by atoms with E-state index in [-0.39, 0.29) is 17.7 Å². The fourth-order valence-electron chi connectivity index (χ4n) is 3.04. The number of alkyl halides is 2. The molecule has 128 valence electrons. The van der Waals surface area contributed by atoms with Crippen molar-refractivity contribution in [3.63, 3.8) is 0 Å². The molecule has 0 spiro atoms. The molecule has 1 aliphatic rings. The Kier molecular flexibility index (Phi) is 5.08. The second-order valence-electron chi connectivity index (χ2n) is 5.87. The van der Waals surface area contributed by atoms with Crippen molar-refractivity contribution < 1.29 is 18.3 Å². The number of nitrogens with one attached hydrogen (secondary N) is 1. The largest absolute Gasteiger partial charge is 0.435 e. The lowest BCUT2D eigenvalue weighted by Crippen LogP contribution is -2.38. The molecule has 0 saturated heterocycles. The highest BCUT2D eigenvalue weighted by Gasteiger charge is 2.24. The predicted octanol–water partition coefficient (Wildman–Crippen LogP) is 3.40. The van der Waals surface area contributed by atoms with Crippen molar-refractivity contribution in [1.29, 1.82) is 0 Å². The first-order valence-corrected chi connectivity index (χ1v) is 7.96. The number of ether oxygens (including phenoxy) is 1. The minimum Gasteiger partial charge on any atom is -0.435 e. The van der Waals surface area contributed by atoms with Crippen LogP contribution in [0.25, 0.3) is 0 Å². The molecule has 24 heavy (non-hydrogen) atoms. The Morgan fingerprint density at radius 2 is 1.92 bits per heavy atom. The third-order valence-corrected chi connectivity index (χ3v) is 4.27. The summed E-state index contributed by atoms with van der Waals surface area (Å²) in [6.45, 7) is -2.87. The zero-order valence-corrected chi connectivity index (χ0v) is 13.1. The Balaban J connectivity index is 1.50. The van der Waals surface area contributed by atoms with Gasteiger partial charge in [-0.05, 0) is 56.0 Å². The predicted molar refractivity (Wildman–Crippen MR) is 84.1 cm³/mol. The first-order chi connectivity index (χ1) is 11.6. The summed E-state index contributed by atoms with van der Waals surface area (Å²) in [7, 11) is 0. The molecular formula is C17H19F2N3O2. The molecule has 0 unspecified atom stereocenters. The molecule has 1 fully saturated rings. The minimum absolute atomic E-state index is 0.0429. The molecule has 1 amide bonds. The molecule has 1 saturated carbocycles. The van der Waals surface area contributed by atoms with Crippen LogP contribution in [0, 0.1) is 0 Å². The molecule has 1 N–H and O–H groups in total. The molecule has 0 aliphatic heterocycles. The molecule has 1 aromatic heterocycles. The fourth-order valence-corrected chi connectivity index (χ4v) is 3.04. The van der Waals surface area contributed by atoms with E-state index in [9.17, 15) is 13.6 Å². The third-order valence-electron chi connectivity index (χ3n) is 4.27. The number of nitrogens with zero attached hydrogens (tertiary/aromatic N) is 2. The van der Waals surface area contributed by atoms with Crippen molar-refractivity contribution in [2.75, 3.05) is 0 Å². The Labute approximate surface area is 138 Å². The fraction of sp³-hybridized carbons (Fsp3) is 0.412. The number of carbonyl (C=O) groups excluding carboxylic acids is 1. The molecule has 2 aromatic rings. The summed E-state index contributed by atoms with van der Waals surface area (Å²) >= 11 is 0. The van der Waals surface area contributed by atoms with Gasteiger partial charge in [0.25, 0.3) is 5.91 Å². The van der Waals surface area contributed by atoms with Gasteiger partial charge in [0.1, 0.15) is 5.75 Å². The van der Waals surface area contributed by atoms with Crippen molar-refractivity contribution in [2.24, 2.45) is 0 Å². The number of aromatic nitrogens is 2. The van der Waals surface area contributed by atoms with Gasteiger partial charge >= 0.3 is 6.61 Å². The quantitative estimate of drug-likeness (QED) is 0.911. The van der Waals surface area contributed by atoms with Crippen molar-refractivity contribution in [2.45, 2.75) is 44.4 Å². The van der Waals surface area contributed by atoms with Crippen LogP contribution in [0.15, 0.2) is 42.7 Å². The normalized spacial score (nSPS) is 20.8. The second kappa shape index (κ2) is 7.42. The van der Waals surface area contributed by atoms with Gasteiger partial charge in [-0.15, -0.1) is 0 Å². The number of hydrogen-bond acceptors (Lipinski definition) is 3. The molecule has 0 radical (unpaired) electrons. The van der Waals surface area contributed by atoms with E-state index < -0.39 is 6.61 Å². The van der Waals surface area contributed by atoms with Crippen LogP contribution in [0.3, 0.4) is 0 Å². The van der Waals surface area contributed by atoms with E-state index in [1.54, 1.807) is 6.20 Å². The van der Waals surface area contributed by atoms with Crippen molar-refractivity contribution >= 4 is 5.91 Å². The number of hydrogen-bond donors (Lipinski definition) is 1. The number of amides is 1. The summed E-state index contributed by atoms with van der Waals surface area (Å²) in [5, 5.41) is 7.27. The standard InChI is InChI=1S/C17H19F2N3O2/c18-17(19)24-15-8-2-12(3-9-15)16(23)21-13-4-6-14(7-5-13)22-11-1-10-20-22/h1-3,8-11,13-14,17H,4-7H2,(H,21,23). The Morgan fingerprint density at radius 1 is 1.21 bits per heavy atom. The zero-order valence-electron chi connectivity index (χ0n) is 13.1. The molecular weight excluding hydrogens is 316 g/mol. The topological polar surface area (TPSA) is 56.2 Å². The van der Waals surface area contributed by atoms with E-state index in [2.05, 4.69) is 15.2 Å². The molecule has 1 aromatic carbocycles. The summed E-state index contributed by atoms with van der Waals surface area (Å²) < 4.78 is 30.5. The third kappa shape index (κ3) is 4.10. The lowest BCUT2D eigenvalue weighted by molar-refractivity contribution is -0.0498. The van der Waals surface area contributed by atoms with Gasteiger partial charge in [-0.2, -0.15) is 13.9 Å². The van der Waals surface area contributed by atoms with Crippen LogP contribution in [0.4, 0.5) is 8.78 Å². The van der Waals surface area contributed by atoms with Crippen LogP contribution in [-0.2, 0) is 0 Å². The van der Waals surface area contributed by atoms with Crippen LogP contribution >= 0.6 is 0 Å². The van der Waals surface area contributed by atoms with E-state index in [1.165, 1.54) is 24.3 Å². The summed E-state index contributed by atoms with van der Waals surface area (Å²) in [4.78, 5) is 12.2. The van der Waals surface area contributed by atoms with E-state index >= 15 is 0 Å². The van der Waals surface area contributed by atoms with E-state index in [1.807, 2.05) is 16.9 Å². The number of rotatable bonds is 5. The van der Waals surface area contributed by atoms with Crippen LogP contribution in [0.2, 0.25) is 0 Å². The van der Waals surface area contributed by atoms with Gasteiger partial charge in [0.2, 0.25) is 0 Å². The highest BCUT2D eigenvalue weighted by atomic mass is 19.3. The summed E-state index contributed by atoms with van der Waals surface area (Å²) in [5.41, 5.74) is 0.436. The monoisotopic (exact) mass is 335 g/mol. The Morgan fingerprint density at radius 3 is 2.50 bits per heavy atom. The molecule has 3 rings (SSSR count). The molecule has 5 nitrogen and oxygen atoms in total. The summed E-state index contributed by atoms with van der Waals surface area (Å²) in [6, 6.07) is 8.14. The average Bonchev–Trinajstić information content (AvgIpc) is 3.10. The molecule has 0 bridgehead atoms. The summed E-state index contributed by atoms with van der Waals surface area (Å²) in [6.07, 6.45) is 7.45. The molecule has 7 heteroatoms. The Bertz CT molecular complexity index is 651. The smallest absolute Gasteiger partial charge is 0.387 e. The zero-order chi connectivity index (χ0) is 16.9. The van der Waals surface area contributed by atoms with Crippen molar-refractivity contribution in [3.05, 3.63) is 48.3 Å². The van der Waals surface area contributed by atoms with Crippen LogP contribution in [0.5, 0.6) is 5.75 Å². The maximum Gasteiger partial charge on any atom is 0.387 e. The first-order valence-electron chi connectivity index (χ1n) is 7.96. The minimum atomic E-state index is -2.87. The molecule has 1 heterocycles. The number of halogens is 2. The van der Waals surface area contributed by atoms with Gasteiger partial charge in [0.05, 0.1) is 6.04 Å². The lowest BCUT2D eigenvalue weighted by atomic mass is 9.91. The second-order valence-corrected chi connectivity index (χ2v) is 5.87. The van der Waals surface area contributed by atoms with Crippen molar-refractivity contribution in [3.8, 4) is 5.75 Å². The maximum atomic E-state index is 12.2. The highest BCUT2D eigenvalue weighted by Crippen LogP contribution is 2.28. The summed E-state index contributed by atoms with van der Waals surface area (Å²) in [5.74, 6) is -0.151. The SMILES string of the molecule is O=C(NC1CCC(n2cccn2)CC1)c1ccc(OC(F)F)cc1. The van der Waals surface area contributed by atoms with Gasteiger partial charge < -0.3 is 10.1 Å². The first kappa shape index (κ1) is 16.4. The van der Waals surface area contributed by atoms with E-state index in [0.717, 1.165) is 25.7 Å². The van der Waals surface area contributed by atoms with Crippen molar-refractivity contribution in [1.82, 2.24) is 15.1 Å². The highest BCUT2D eigenvalue weighted by molar-refractivity contribution is 5.94. The van der Waals surface area contributed by atoms with Gasteiger partial charge in [0, 0.05) is 24.0 Å².